The molecule has 0 N–H and O–H groups in total. The van der Waals surface area contributed by atoms with Gasteiger partial charge in [-0.25, -0.2) is 21.6 Å². The van der Waals surface area contributed by atoms with Crippen LogP contribution in [0.3, 0.4) is 0 Å². The molecule has 3 aromatic rings. The molecule has 0 saturated carbocycles. The minimum atomic E-state index is -4.28. The van der Waals surface area contributed by atoms with E-state index < -0.39 is 38.1 Å². The van der Waals surface area contributed by atoms with Gasteiger partial charge in [0.1, 0.15) is 11.1 Å². The summed E-state index contributed by atoms with van der Waals surface area (Å²) < 4.78 is 69.1. The molecule has 0 radical (unpaired) electrons. The van der Waals surface area contributed by atoms with Crippen molar-refractivity contribution >= 4 is 9.84 Å². The second kappa shape index (κ2) is 6.92. The van der Waals surface area contributed by atoms with Crippen molar-refractivity contribution in [1.82, 2.24) is 4.98 Å². The molecular formula is C19H14F3NO2S. The predicted molar refractivity (Wildman–Crippen MR) is 90.8 cm³/mol. The van der Waals surface area contributed by atoms with E-state index in [1.165, 1.54) is 42.7 Å². The lowest BCUT2D eigenvalue weighted by atomic mass is 10.0. The lowest BCUT2D eigenvalue weighted by molar-refractivity contribution is 0.478. The summed E-state index contributed by atoms with van der Waals surface area (Å²) in [6.45, 7) is 1.60. The van der Waals surface area contributed by atoms with E-state index in [-0.39, 0.29) is 10.5 Å². The summed E-state index contributed by atoms with van der Waals surface area (Å²) in [7, 11) is -4.28. The molecule has 0 amide bonds. The fraction of sp³-hybridized carbons (Fsp3) is 0.105. The van der Waals surface area contributed by atoms with Crippen LogP contribution in [-0.2, 0) is 9.84 Å². The maximum absolute atomic E-state index is 14.5. The molecule has 2 aromatic carbocycles. The minimum Gasteiger partial charge on any atom is -0.264 e. The minimum absolute atomic E-state index is 0.0831. The van der Waals surface area contributed by atoms with Crippen molar-refractivity contribution in [1.29, 1.82) is 0 Å². The van der Waals surface area contributed by atoms with E-state index in [9.17, 15) is 21.6 Å². The third-order valence-corrected chi connectivity index (χ3v) is 6.13. The van der Waals surface area contributed by atoms with Crippen LogP contribution < -0.4 is 0 Å². The maximum Gasteiger partial charge on any atom is 0.189 e. The molecule has 26 heavy (non-hydrogen) atoms. The van der Waals surface area contributed by atoms with Gasteiger partial charge in [-0.3, -0.25) is 4.98 Å². The Hall–Kier alpha value is -2.67. The highest BCUT2D eigenvalue weighted by Gasteiger charge is 2.37. The molecular weight excluding hydrogens is 363 g/mol. The van der Waals surface area contributed by atoms with Gasteiger partial charge in [-0.15, -0.1) is 0 Å². The molecule has 1 unspecified atom stereocenters. The fourth-order valence-corrected chi connectivity index (χ4v) is 4.67. The average Bonchev–Trinajstić information content (AvgIpc) is 2.63. The molecule has 1 heterocycles. The topological polar surface area (TPSA) is 47.0 Å². The molecule has 0 saturated heterocycles. The zero-order chi connectivity index (χ0) is 18.9. The molecule has 3 nitrogen and oxygen atoms in total. The molecule has 134 valence electrons. The van der Waals surface area contributed by atoms with Gasteiger partial charge in [-0.1, -0.05) is 18.2 Å². The van der Waals surface area contributed by atoms with Gasteiger partial charge in [-0.05, 0) is 48.4 Å². The van der Waals surface area contributed by atoms with Crippen molar-refractivity contribution in [3.8, 4) is 0 Å². The molecule has 1 atom stereocenters. The van der Waals surface area contributed by atoms with Crippen molar-refractivity contribution in [2.24, 2.45) is 0 Å². The van der Waals surface area contributed by atoms with Crippen molar-refractivity contribution in [3.63, 3.8) is 0 Å². The van der Waals surface area contributed by atoms with E-state index in [1.54, 1.807) is 13.0 Å². The van der Waals surface area contributed by atoms with Crippen molar-refractivity contribution in [3.05, 3.63) is 95.1 Å². The standard InChI is InChI=1S/C19H14F3NO2S/c1-12-9-10-23-11-14(12)19(17-15(20)7-8-16(21)18(17)22)26(24,25)13-5-3-2-4-6-13/h2-11,19H,1H3. The number of halogens is 3. The SMILES string of the molecule is Cc1ccncc1C(c1c(F)ccc(F)c1F)S(=O)(=O)c1ccccc1. The number of pyridine rings is 1. The molecule has 0 spiro atoms. The molecule has 0 aliphatic rings. The third-order valence-electron chi connectivity index (χ3n) is 4.09. The van der Waals surface area contributed by atoms with Crippen LogP contribution in [0.4, 0.5) is 13.2 Å². The summed E-state index contributed by atoms with van der Waals surface area (Å²) in [5.74, 6) is -3.99. The van der Waals surface area contributed by atoms with Gasteiger partial charge in [0.05, 0.1) is 4.90 Å². The van der Waals surface area contributed by atoms with E-state index in [1.807, 2.05) is 0 Å². The maximum atomic E-state index is 14.5. The second-order valence-corrected chi connectivity index (χ2v) is 7.76. The molecule has 7 heteroatoms. The first-order valence-electron chi connectivity index (χ1n) is 7.67. The Labute approximate surface area is 149 Å². The lowest BCUT2D eigenvalue weighted by Crippen LogP contribution is -2.20. The lowest BCUT2D eigenvalue weighted by Gasteiger charge is -2.21. The number of rotatable bonds is 4. The highest BCUT2D eigenvalue weighted by Crippen LogP contribution is 2.39. The van der Waals surface area contributed by atoms with Crippen LogP contribution in [0, 0.1) is 24.4 Å². The highest BCUT2D eigenvalue weighted by molar-refractivity contribution is 7.92. The molecule has 3 rings (SSSR count). The van der Waals surface area contributed by atoms with E-state index in [2.05, 4.69) is 4.98 Å². The summed E-state index contributed by atoms with van der Waals surface area (Å²) in [5, 5.41) is -1.77. The van der Waals surface area contributed by atoms with Gasteiger partial charge in [0.25, 0.3) is 0 Å². The van der Waals surface area contributed by atoms with Crippen LogP contribution in [0.1, 0.15) is 21.9 Å². The van der Waals surface area contributed by atoms with Gasteiger partial charge >= 0.3 is 0 Å². The second-order valence-electron chi connectivity index (χ2n) is 5.73. The van der Waals surface area contributed by atoms with Crippen molar-refractivity contribution in [2.45, 2.75) is 17.1 Å². The predicted octanol–water partition coefficient (Wildman–Crippen LogP) is 4.37. The summed E-state index contributed by atoms with van der Waals surface area (Å²) in [5.41, 5.74) is -0.308. The van der Waals surface area contributed by atoms with Crippen molar-refractivity contribution < 1.29 is 21.6 Å². The normalized spacial score (nSPS) is 12.8. The number of hydrogen-bond acceptors (Lipinski definition) is 3. The first kappa shape index (κ1) is 18.1. The highest BCUT2D eigenvalue weighted by atomic mass is 32.2. The van der Waals surface area contributed by atoms with Crippen LogP contribution in [0.5, 0.6) is 0 Å². The quantitative estimate of drug-likeness (QED) is 0.635. The largest absolute Gasteiger partial charge is 0.264 e. The van der Waals surface area contributed by atoms with E-state index in [4.69, 9.17) is 0 Å². The summed E-state index contributed by atoms with van der Waals surface area (Å²) in [6, 6.07) is 10.1. The van der Waals surface area contributed by atoms with Gasteiger partial charge in [0.15, 0.2) is 21.5 Å². The van der Waals surface area contributed by atoms with Crippen LogP contribution in [-0.4, -0.2) is 13.4 Å². The Morgan fingerprint density at radius 3 is 2.23 bits per heavy atom. The number of benzene rings is 2. The smallest absolute Gasteiger partial charge is 0.189 e. The van der Waals surface area contributed by atoms with Gasteiger partial charge in [0.2, 0.25) is 0 Å². The number of sulfone groups is 1. The monoisotopic (exact) mass is 377 g/mol. The van der Waals surface area contributed by atoms with Crippen LogP contribution in [0.2, 0.25) is 0 Å². The van der Waals surface area contributed by atoms with Gasteiger partial charge in [0, 0.05) is 18.0 Å². The third kappa shape index (κ3) is 3.10. The molecule has 1 aromatic heterocycles. The van der Waals surface area contributed by atoms with E-state index >= 15 is 0 Å². The van der Waals surface area contributed by atoms with Crippen LogP contribution in [0.25, 0.3) is 0 Å². The number of hydrogen-bond donors (Lipinski definition) is 0. The molecule has 0 aliphatic heterocycles. The fourth-order valence-electron chi connectivity index (χ4n) is 2.76. The van der Waals surface area contributed by atoms with Gasteiger partial charge in [-0.2, -0.15) is 0 Å². The Bertz CT molecular complexity index is 1050. The summed E-state index contributed by atoms with van der Waals surface area (Å²) in [4.78, 5) is 3.75. The van der Waals surface area contributed by atoms with E-state index in [0.717, 1.165) is 0 Å². The Morgan fingerprint density at radius 1 is 0.923 bits per heavy atom. The van der Waals surface area contributed by atoms with Gasteiger partial charge < -0.3 is 0 Å². The van der Waals surface area contributed by atoms with Crippen LogP contribution >= 0.6 is 0 Å². The first-order valence-corrected chi connectivity index (χ1v) is 9.21. The Kier molecular flexibility index (Phi) is 4.82. The summed E-state index contributed by atoms with van der Waals surface area (Å²) >= 11 is 0. The zero-order valence-corrected chi connectivity index (χ0v) is 14.5. The Morgan fingerprint density at radius 2 is 1.58 bits per heavy atom. The molecule has 0 aliphatic carbocycles. The number of aromatic nitrogens is 1. The zero-order valence-electron chi connectivity index (χ0n) is 13.7. The first-order chi connectivity index (χ1) is 12.3. The number of nitrogens with zero attached hydrogens (tertiary/aromatic N) is 1. The Balaban J connectivity index is 2.37. The molecule has 0 fully saturated rings. The van der Waals surface area contributed by atoms with Crippen molar-refractivity contribution in [2.75, 3.05) is 0 Å². The molecule has 0 bridgehead atoms. The van der Waals surface area contributed by atoms with E-state index in [0.29, 0.717) is 17.7 Å². The average molecular weight is 377 g/mol. The summed E-state index contributed by atoms with van der Waals surface area (Å²) in [6.07, 6.45) is 2.66. The number of aryl methyl sites for hydroxylation is 1. The van der Waals surface area contributed by atoms with Crippen LogP contribution in [0.15, 0.2) is 65.8 Å².